The average Bonchev–Trinajstić information content (AvgIpc) is 3.66. The van der Waals surface area contributed by atoms with Crippen LogP contribution < -0.4 is 5.32 Å². The van der Waals surface area contributed by atoms with E-state index in [0.29, 0.717) is 29.7 Å². The van der Waals surface area contributed by atoms with Gasteiger partial charge in [-0.1, -0.05) is 12.8 Å². The average molecular weight is 497 g/mol. The van der Waals surface area contributed by atoms with E-state index in [4.69, 9.17) is 13.6 Å². The number of furan rings is 2. The summed E-state index contributed by atoms with van der Waals surface area (Å²) in [7, 11) is 0. The number of nitrogens with zero attached hydrogens (tertiary/aromatic N) is 5. The second-order valence-electron chi connectivity index (χ2n) is 9.58. The van der Waals surface area contributed by atoms with E-state index in [0.717, 1.165) is 44.3 Å². The van der Waals surface area contributed by atoms with Crippen molar-refractivity contribution in [1.29, 1.82) is 0 Å². The zero-order valence-corrected chi connectivity index (χ0v) is 20.7. The van der Waals surface area contributed by atoms with Crippen LogP contribution in [0.3, 0.4) is 0 Å². The number of carbonyl (C=O) groups is 2. The van der Waals surface area contributed by atoms with Crippen LogP contribution in [0.25, 0.3) is 11.6 Å². The zero-order chi connectivity index (χ0) is 25.1. The lowest BCUT2D eigenvalue weighted by atomic mass is 10.1. The topological polar surface area (TPSA) is 129 Å². The third kappa shape index (κ3) is 5.51. The van der Waals surface area contributed by atoms with Crippen molar-refractivity contribution in [2.24, 2.45) is 0 Å². The number of tetrazole rings is 1. The molecule has 11 nitrogen and oxygen atoms in total. The maximum atomic E-state index is 13.7. The van der Waals surface area contributed by atoms with E-state index in [1.165, 1.54) is 4.80 Å². The lowest BCUT2D eigenvalue weighted by Gasteiger charge is -2.32. The van der Waals surface area contributed by atoms with Crippen molar-refractivity contribution in [3.05, 3.63) is 41.5 Å². The van der Waals surface area contributed by atoms with Crippen molar-refractivity contribution in [1.82, 2.24) is 30.4 Å². The molecule has 2 amide bonds. The standard InChI is InChI=1S/C25H32N6O5/c1-16-9-11-20(35-16)23(25(33)26-18-6-3-4-7-18)30(14-19-8-5-13-34-19)22(32)15-31-28-24(27-29-31)21-12-10-17(2)36-21/h9-12,18-19,23H,3-8,13-15H2,1-2H3,(H,26,33)/t19-,23+/m1/s1. The minimum atomic E-state index is -0.924. The van der Waals surface area contributed by atoms with Gasteiger partial charge in [-0.15, -0.1) is 10.2 Å². The van der Waals surface area contributed by atoms with Crippen LogP contribution in [-0.2, 0) is 20.9 Å². The van der Waals surface area contributed by atoms with Crippen molar-refractivity contribution in [3.63, 3.8) is 0 Å². The number of hydrogen-bond acceptors (Lipinski definition) is 8. The number of carbonyl (C=O) groups excluding carboxylic acids is 2. The molecule has 4 heterocycles. The van der Waals surface area contributed by atoms with Gasteiger partial charge in [0.1, 0.15) is 23.8 Å². The molecule has 5 rings (SSSR count). The molecule has 192 valence electrons. The Balaban J connectivity index is 1.41. The number of amides is 2. The summed E-state index contributed by atoms with van der Waals surface area (Å²) in [5, 5.41) is 15.5. The molecule has 0 radical (unpaired) electrons. The fourth-order valence-corrected chi connectivity index (χ4v) is 4.91. The Hall–Kier alpha value is -3.47. The van der Waals surface area contributed by atoms with Crippen LogP contribution in [0.5, 0.6) is 0 Å². The molecule has 36 heavy (non-hydrogen) atoms. The van der Waals surface area contributed by atoms with E-state index in [1.807, 2.05) is 19.9 Å². The smallest absolute Gasteiger partial charge is 0.250 e. The minimum Gasteiger partial charge on any atom is -0.464 e. The first kappa shape index (κ1) is 24.2. The minimum absolute atomic E-state index is 0.104. The van der Waals surface area contributed by atoms with Gasteiger partial charge < -0.3 is 23.8 Å². The van der Waals surface area contributed by atoms with Crippen molar-refractivity contribution in [2.75, 3.05) is 13.2 Å². The second-order valence-corrected chi connectivity index (χ2v) is 9.58. The Kier molecular flexibility index (Phi) is 7.17. The second kappa shape index (κ2) is 10.7. The predicted octanol–water partition coefficient (Wildman–Crippen LogP) is 2.95. The highest BCUT2D eigenvalue weighted by molar-refractivity contribution is 5.88. The van der Waals surface area contributed by atoms with Gasteiger partial charge in [0.05, 0.1) is 6.10 Å². The Morgan fingerprint density at radius 2 is 1.86 bits per heavy atom. The third-order valence-corrected chi connectivity index (χ3v) is 6.73. The fourth-order valence-electron chi connectivity index (χ4n) is 4.91. The Morgan fingerprint density at radius 3 is 2.53 bits per heavy atom. The number of nitrogens with one attached hydrogen (secondary N) is 1. The van der Waals surface area contributed by atoms with E-state index < -0.39 is 6.04 Å². The summed E-state index contributed by atoms with van der Waals surface area (Å²) in [6.07, 6.45) is 5.63. The first-order valence-corrected chi connectivity index (χ1v) is 12.6. The lowest BCUT2D eigenvalue weighted by molar-refractivity contribution is -0.144. The molecular formula is C25H32N6O5. The van der Waals surface area contributed by atoms with Crippen LogP contribution in [0.4, 0.5) is 0 Å². The molecule has 1 aliphatic heterocycles. The molecule has 2 fully saturated rings. The molecule has 1 saturated carbocycles. The molecule has 1 saturated heterocycles. The number of hydrogen-bond donors (Lipinski definition) is 1. The number of rotatable bonds is 9. The highest BCUT2D eigenvalue weighted by atomic mass is 16.5. The van der Waals surface area contributed by atoms with Gasteiger partial charge >= 0.3 is 0 Å². The molecule has 2 atom stereocenters. The highest BCUT2D eigenvalue weighted by Crippen LogP contribution is 2.28. The number of ether oxygens (including phenoxy) is 1. The maximum absolute atomic E-state index is 13.7. The summed E-state index contributed by atoms with van der Waals surface area (Å²) in [5.41, 5.74) is 0. The van der Waals surface area contributed by atoms with Gasteiger partial charge in [-0.05, 0) is 69.0 Å². The van der Waals surface area contributed by atoms with Gasteiger partial charge in [-0.2, -0.15) is 4.80 Å². The molecule has 2 aliphatic rings. The summed E-state index contributed by atoms with van der Waals surface area (Å²) in [6, 6.07) is 6.30. The SMILES string of the molecule is Cc1ccc(-c2nnn(CC(=O)N(C[C@H]3CCCO3)[C@H](C(=O)NC3CCCC3)c3ccc(C)o3)n2)o1. The van der Waals surface area contributed by atoms with Crippen molar-refractivity contribution >= 4 is 11.8 Å². The van der Waals surface area contributed by atoms with Crippen LogP contribution in [0.2, 0.25) is 0 Å². The zero-order valence-electron chi connectivity index (χ0n) is 20.7. The van der Waals surface area contributed by atoms with Crippen LogP contribution in [0.1, 0.15) is 61.8 Å². The van der Waals surface area contributed by atoms with Crippen molar-refractivity contribution in [3.8, 4) is 11.6 Å². The van der Waals surface area contributed by atoms with E-state index in [1.54, 1.807) is 23.1 Å². The van der Waals surface area contributed by atoms with Crippen molar-refractivity contribution in [2.45, 2.75) is 77.1 Å². The third-order valence-electron chi connectivity index (χ3n) is 6.73. The van der Waals surface area contributed by atoms with Crippen LogP contribution >= 0.6 is 0 Å². The van der Waals surface area contributed by atoms with Crippen LogP contribution in [0, 0.1) is 13.8 Å². The quantitative estimate of drug-likeness (QED) is 0.479. The molecule has 3 aromatic rings. The van der Waals surface area contributed by atoms with Gasteiger partial charge in [-0.3, -0.25) is 9.59 Å². The van der Waals surface area contributed by atoms with Crippen molar-refractivity contribution < 1.29 is 23.2 Å². The molecule has 0 bridgehead atoms. The summed E-state index contributed by atoms with van der Waals surface area (Å²) in [4.78, 5) is 30.1. The fraction of sp³-hybridized carbons (Fsp3) is 0.560. The van der Waals surface area contributed by atoms with Gasteiger partial charge in [-0.25, -0.2) is 0 Å². The molecule has 0 spiro atoms. The van der Waals surface area contributed by atoms with Gasteiger partial charge in [0.15, 0.2) is 11.8 Å². The first-order chi connectivity index (χ1) is 17.5. The Labute approximate surface area is 209 Å². The normalized spacial score (nSPS) is 19.0. The monoisotopic (exact) mass is 496 g/mol. The Morgan fingerprint density at radius 1 is 1.08 bits per heavy atom. The summed E-state index contributed by atoms with van der Waals surface area (Å²) in [5.74, 6) is 2.01. The van der Waals surface area contributed by atoms with E-state index in [9.17, 15) is 9.59 Å². The summed E-state index contributed by atoms with van der Waals surface area (Å²) in [6.45, 7) is 4.36. The van der Waals surface area contributed by atoms with Crippen LogP contribution in [0.15, 0.2) is 33.1 Å². The van der Waals surface area contributed by atoms with Gasteiger partial charge in [0.2, 0.25) is 11.7 Å². The molecule has 0 aromatic carbocycles. The van der Waals surface area contributed by atoms with Gasteiger partial charge in [0, 0.05) is 19.2 Å². The van der Waals surface area contributed by atoms with E-state index >= 15 is 0 Å². The highest BCUT2D eigenvalue weighted by Gasteiger charge is 2.37. The lowest BCUT2D eigenvalue weighted by Crippen LogP contribution is -2.49. The van der Waals surface area contributed by atoms with Gasteiger partial charge in [0.25, 0.3) is 5.91 Å². The van der Waals surface area contributed by atoms with E-state index in [-0.39, 0.29) is 37.0 Å². The number of aryl methyl sites for hydroxylation is 2. The summed E-state index contributed by atoms with van der Waals surface area (Å²) >= 11 is 0. The van der Waals surface area contributed by atoms with Crippen LogP contribution in [-0.4, -0.2) is 62.2 Å². The molecule has 11 heteroatoms. The number of aromatic nitrogens is 4. The summed E-state index contributed by atoms with van der Waals surface area (Å²) < 4.78 is 17.3. The molecule has 1 aliphatic carbocycles. The predicted molar refractivity (Wildman–Crippen MR) is 128 cm³/mol. The molecule has 3 aromatic heterocycles. The molecule has 1 N–H and O–H groups in total. The Bertz CT molecular complexity index is 1190. The maximum Gasteiger partial charge on any atom is 0.250 e. The van der Waals surface area contributed by atoms with E-state index in [2.05, 4.69) is 20.7 Å². The first-order valence-electron chi connectivity index (χ1n) is 12.6. The molecular weight excluding hydrogens is 464 g/mol. The molecule has 0 unspecified atom stereocenters. The largest absolute Gasteiger partial charge is 0.464 e.